The summed E-state index contributed by atoms with van der Waals surface area (Å²) in [6, 6.07) is 7.40. The van der Waals surface area contributed by atoms with E-state index in [-0.39, 0.29) is 17.9 Å². The second-order valence-electron chi connectivity index (χ2n) is 7.10. The van der Waals surface area contributed by atoms with Crippen molar-refractivity contribution in [3.63, 3.8) is 0 Å². The van der Waals surface area contributed by atoms with Gasteiger partial charge in [-0.2, -0.15) is 0 Å². The molecule has 7 nitrogen and oxygen atoms in total. The lowest BCUT2D eigenvalue weighted by molar-refractivity contribution is 0.0606. The number of benzene rings is 1. The molecule has 3 aromatic rings. The number of fused-ring (bicyclic) bond motifs is 2. The Balaban J connectivity index is 1.66. The van der Waals surface area contributed by atoms with Gasteiger partial charge >= 0.3 is 0 Å². The maximum atomic E-state index is 13.2. The number of hydrogen-bond donors (Lipinski definition) is 0. The number of aryl methyl sites for hydroxylation is 1. The Morgan fingerprint density at radius 1 is 1.22 bits per heavy atom. The molecule has 1 aliphatic rings. The highest BCUT2D eigenvalue weighted by Crippen LogP contribution is 2.30. The molecule has 2 aromatic heterocycles. The number of carbonyl (C=O) groups is 2. The number of carbonyl (C=O) groups excluding carboxylic acids is 2. The molecule has 0 fully saturated rings. The maximum Gasteiger partial charge on any atom is 0.290 e. The number of hydrogen-bond acceptors (Lipinski definition) is 4. The van der Waals surface area contributed by atoms with Gasteiger partial charge in [0.2, 0.25) is 0 Å². The van der Waals surface area contributed by atoms with Crippen molar-refractivity contribution in [2.45, 2.75) is 26.4 Å². The molecule has 0 saturated heterocycles. The van der Waals surface area contributed by atoms with Crippen molar-refractivity contribution in [2.75, 3.05) is 20.6 Å². The minimum atomic E-state index is -0.248. The third-order valence-corrected chi connectivity index (χ3v) is 5.15. The summed E-state index contributed by atoms with van der Waals surface area (Å²) in [5.41, 5.74) is 1.96. The Morgan fingerprint density at radius 3 is 2.67 bits per heavy atom. The van der Waals surface area contributed by atoms with Crippen molar-refractivity contribution in [3.05, 3.63) is 53.3 Å². The molecule has 0 spiro atoms. The SMILES string of the molecule is Cc1c(C(=O)N2CCn3cc(C(=O)N(C)C)nc3[C@@H]2C)oc2ccccc12. The zero-order chi connectivity index (χ0) is 19.3. The Kier molecular flexibility index (Phi) is 4.02. The highest BCUT2D eigenvalue weighted by molar-refractivity contribution is 5.99. The predicted octanol–water partition coefficient (Wildman–Crippen LogP) is 2.86. The van der Waals surface area contributed by atoms with Gasteiger partial charge in [-0.3, -0.25) is 9.59 Å². The van der Waals surface area contributed by atoms with Crippen LogP contribution in [0.3, 0.4) is 0 Å². The summed E-state index contributed by atoms with van der Waals surface area (Å²) in [6.45, 7) is 4.97. The standard InChI is InChI=1S/C20H22N4O3/c1-12-14-7-5-6-8-16(14)27-17(12)20(26)24-10-9-23-11-15(19(25)22(3)4)21-18(23)13(24)2/h5-8,11,13H,9-10H2,1-4H3/t13-/m0/s1. The van der Waals surface area contributed by atoms with Crippen LogP contribution >= 0.6 is 0 Å². The van der Waals surface area contributed by atoms with Gasteiger partial charge in [-0.25, -0.2) is 4.98 Å². The highest BCUT2D eigenvalue weighted by atomic mass is 16.3. The smallest absolute Gasteiger partial charge is 0.290 e. The summed E-state index contributed by atoms with van der Waals surface area (Å²) in [7, 11) is 3.40. The first kappa shape index (κ1) is 17.3. The van der Waals surface area contributed by atoms with Crippen molar-refractivity contribution >= 4 is 22.8 Å². The van der Waals surface area contributed by atoms with Crippen molar-refractivity contribution in [2.24, 2.45) is 0 Å². The minimum Gasteiger partial charge on any atom is -0.451 e. The second kappa shape index (κ2) is 6.26. The van der Waals surface area contributed by atoms with Crippen LogP contribution in [0.2, 0.25) is 0 Å². The topological polar surface area (TPSA) is 71.6 Å². The molecule has 0 bridgehead atoms. The van der Waals surface area contributed by atoms with Gasteiger partial charge in [0.05, 0.1) is 6.04 Å². The third kappa shape index (κ3) is 2.70. The Hall–Kier alpha value is -3.09. The number of furan rings is 1. The number of aromatic nitrogens is 2. The van der Waals surface area contributed by atoms with Gasteiger partial charge in [0.15, 0.2) is 5.76 Å². The summed E-state index contributed by atoms with van der Waals surface area (Å²) in [4.78, 5) is 33.1. The molecule has 27 heavy (non-hydrogen) atoms. The molecule has 7 heteroatoms. The normalized spacial score (nSPS) is 16.4. The van der Waals surface area contributed by atoms with Crippen LogP contribution in [-0.4, -0.2) is 51.8 Å². The first-order valence-electron chi connectivity index (χ1n) is 8.96. The van der Waals surface area contributed by atoms with E-state index in [1.165, 1.54) is 4.90 Å². The first-order chi connectivity index (χ1) is 12.9. The number of para-hydroxylation sites is 1. The first-order valence-corrected chi connectivity index (χ1v) is 8.96. The van der Waals surface area contributed by atoms with Gasteiger partial charge in [0.1, 0.15) is 17.1 Å². The Labute approximate surface area is 157 Å². The molecule has 0 aliphatic carbocycles. The molecule has 0 radical (unpaired) electrons. The monoisotopic (exact) mass is 366 g/mol. The fourth-order valence-corrected chi connectivity index (χ4v) is 3.61. The summed E-state index contributed by atoms with van der Waals surface area (Å²) in [6.07, 6.45) is 1.77. The molecule has 3 heterocycles. The quantitative estimate of drug-likeness (QED) is 0.699. The lowest BCUT2D eigenvalue weighted by Gasteiger charge is -2.33. The average Bonchev–Trinajstić information content (AvgIpc) is 3.23. The fourth-order valence-electron chi connectivity index (χ4n) is 3.61. The molecular formula is C20H22N4O3. The van der Waals surface area contributed by atoms with E-state index in [4.69, 9.17) is 4.42 Å². The van der Waals surface area contributed by atoms with Gasteiger partial charge in [-0.1, -0.05) is 18.2 Å². The number of rotatable bonds is 2. The molecule has 2 amide bonds. The van der Waals surface area contributed by atoms with E-state index < -0.39 is 0 Å². The molecule has 0 unspecified atom stereocenters. The van der Waals surface area contributed by atoms with Crippen LogP contribution in [0.25, 0.3) is 11.0 Å². The molecule has 1 aliphatic heterocycles. The molecule has 140 valence electrons. The fraction of sp³-hybridized carbons (Fsp3) is 0.350. The van der Waals surface area contributed by atoms with E-state index in [0.29, 0.717) is 36.0 Å². The summed E-state index contributed by atoms with van der Waals surface area (Å²) in [5, 5.41) is 0.950. The van der Waals surface area contributed by atoms with Gasteiger partial charge in [0, 0.05) is 44.3 Å². The van der Waals surface area contributed by atoms with Gasteiger partial charge < -0.3 is 18.8 Å². The van der Waals surface area contributed by atoms with Crippen LogP contribution in [0.15, 0.2) is 34.9 Å². The molecule has 0 saturated carbocycles. The van der Waals surface area contributed by atoms with E-state index in [1.807, 2.05) is 42.7 Å². The van der Waals surface area contributed by atoms with E-state index in [2.05, 4.69) is 4.98 Å². The number of amides is 2. The Bertz CT molecular complexity index is 1050. The van der Waals surface area contributed by atoms with E-state index in [9.17, 15) is 9.59 Å². The summed E-state index contributed by atoms with van der Waals surface area (Å²) in [5.74, 6) is 0.794. The van der Waals surface area contributed by atoms with E-state index in [1.54, 1.807) is 25.2 Å². The van der Waals surface area contributed by atoms with Crippen molar-refractivity contribution in [1.29, 1.82) is 0 Å². The molecule has 4 rings (SSSR count). The van der Waals surface area contributed by atoms with Crippen LogP contribution in [0.5, 0.6) is 0 Å². The van der Waals surface area contributed by atoms with Crippen molar-refractivity contribution < 1.29 is 14.0 Å². The maximum absolute atomic E-state index is 13.2. The van der Waals surface area contributed by atoms with E-state index in [0.717, 1.165) is 10.9 Å². The number of nitrogens with zero attached hydrogens (tertiary/aromatic N) is 4. The second-order valence-corrected chi connectivity index (χ2v) is 7.10. The van der Waals surface area contributed by atoms with Crippen LogP contribution in [0.1, 0.15) is 45.4 Å². The van der Waals surface area contributed by atoms with E-state index >= 15 is 0 Å². The lowest BCUT2D eigenvalue weighted by Crippen LogP contribution is -2.41. The third-order valence-electron chi connectivity index (χ3n) is 5.15. The van der Waals surface area contributed by atoms with Crippen LogP contribution in [0, 0.1) is 6.92 Å². The average molecular weight is 366 g/mol. The van der Waals surface area contributed by atoms with Crippen molar-refractivity contribution in [3.8, 4) is 0 Å². The molecule has 0 N–H and O–H groups in total. The highest BCUT2D eigenvalue weighted by Gasteiger charge is 2.33. The lowest BCUT2D eigenvalue weighted by atomic mass is 10.1. The van der Waals surface area contributed by atoms with Crippen molar-refractivity contribution in [1.82, 2.24) is 19.4 Å². The molecule has 1 atom stereocenters. The Morgan fingerprint density at radius 2 is 1.96 bits per heavy atom. The van der Waals surface area contributed by atoms with Gasteiger partial charge in [-0.15, -0.1) is 0 Å². The zero-order valence-corrected chi connectivity index (χ0v) is 15.9. The summed E-state index contributed by atoms with van der Waals surface area (Å²) < 4.78 is 7.80. The predicted molar refractivity (Wildman–Crippen MR) is 101 cm³/mol. The van der Waals surface area contributed by atoms with Crippen LogP contribution < -0.4 is 0 Å². The molecule has 1 aromatic carbocycles. The van der Waals surface area contributed by atoms with Gasteiger partial charge in [0.25, 0.3) is 11.8 Å². The molecular weight excluding hydrogens is 344 g/mol. The minimum absolute atomic E-state index is 0.143. The largest absolute Gasteiger partial charge is 0.451 e. The van der Waals surface area contributed by atoms with Crippen LogP contribution in [-0.2, 0) is 6.54 Å². The van der Waals surface area contributed by atoms with Crippen LogP contribution in [0.4, 0.5) is 0 Å². The zero-order valence-electron chi connectivity index (χ0n) is 15.9. The van der Waals surface area contributed by atoms with Gasteiger partial charge in [-0.05, 0) is 19.9 Å². The summed E-state index contributed by atoms with van der Waals surface area (Å²) >= 11 is 0. The number of imidazole rings is 1.